The second-order valence-corrected chi connectivity index (χ2v) is 18.7. The Bertz CT molecular complexity index is 1970. The van der Waals surface area contributed by atoms with E-state index < -0.39 is 179 Å². The number of carbonyl (C=O) groups excluding carboxylic acids is 3. The Balaban J connectivity index is 1.53. The summed E-state index contributed by atoms with van der Waals surface area (Å²) in [6, 6.07) is 0.794. The van der Waals surface area contributed by atoms with Gasteiger partial charge in [-0.15, -0.1) is 0 Å². The maximum Gasteiger partial charge on any atom is 0.364 e. The van der Waals surface area contributed by atoms with E-state index in [1.807, 2.05) is 0 Å². The normalized spacial score (nSPS) is 36.3. The molecule has 28 nitrogen and oxygen atoms in total. The zero-order valence-corrected chi connectivity index (χ0v) is 41.0. The van der Waals surface area contributed by atoms with Crippen molar-refractivity contribution >= 4 is 23.8 Å². The van der Waals surface area contributed by atoms with Gasteiger partial charge in [0.05, 0.1) is 51.2 Å². The highest BCUT2D eigenvalue weighted by Crippen LogP contribution is 2.39. The summed E-state index contributed by atoms with van der Waals surface area (Å²) in [5.74, 6) is -7.79. The molecule has 0 bridgehead atoms. The number of unbranched alkanes of at least 4 members (excludes halogenated alkanes) is 5. The van der Waals surface area contributed by atoms with Crippen LogP contribution in [0, 0.1) is 6.92 Å². The number of carboxylic acids is 1. The van der Waals surface area contributed by atoms with Gasteiger partial charge in [0, 0.05) is 26.4 Å². The highest BCUT2D eigenvalue weighted by molar-refractivity contribution is 5.97. The van der Waals surface area contributed by atoms with E-state index in [0.717, 1.165) is 26.2 Å². The molecule has 4 saturated heterocycles. The van der Waals surface area contributed by atoms with Crippen molar-refractivity contribution in [2.24, 2.45) is 0 Å². The highest BCUT2D eigenvalue weighted by atomic mass is 16.8. The molecule has 14 unspecified atom stereocenters. The van der Waals surface area contributed by atoms with Gasteiger partial charge in [0.1, 0.15) is 91.1 Å². The van der Waals surface area contributed by atoms with Crippen molar-refractivity contribution in [2.75, 3.05) is 40.1 Å². The Morgan fingerprint density at radius 1 is 0.770 bits per heavy atom. The molecule has 0 aromatic heterocycles. The van der Waals surface area contributed by atoms with Gasteiger partial charge in [-0.25, -0.2) is 4.79 Å². The number of carbonyl (C=O) groups is 4. The minimum Gasteiger partial charge on any atom is -0.507 e. The van der Waals surface area contributed by atoms with Gasteiger partial charge in [-0.2, -0.15) is 0 Å². The summed E-state index contributed by atoms with van der Waals surface area (Å²) < 4.78 is 52.5. The number of ether oxygens (including phenoxy) is 9. The largest absolute Gasteiger partial charge is 0.507 e. The molecular weight excluding hydrogens is 996 g/mol. The molecule has 1 aromatic carbocycles. The van der Waals surface area contributed by atoms with Crippen molar-refractivity contribution in [1.82, 2.24) is 10.6 Å². The van der Waals surface area contributed by atoms with Crippen LogP contribution >= 0.6 is 0 Å². The number of hydrogen-bond acceptors (Lipinski definition) is 25. The molecule has 15 N–H and O–H groups in total. The van der Waals surface area contributed by atoms with Crippen LogP contribution in [0.5, 0.6) is 5.75 Å². The van der Waals surface area contributed by atoms with Crippen LogP contribution < -0.4 is 10.6 Å². The van der Waals surface area contributed by atoms with Crippen LogP contribution in [0.15, 0.2) is 18.2 Å². The summed E-state index contributed by atoms with van der Waals surface area (Å²) in [7, 11) is 1.30. The lowest BCUT2D eigenvalue weighted by Crippen LogP contribution is -2.71. The van der Waals surface area contributed by atoms with E-state index in [0.29, 0.717) is 24.8 Å². The van der Waals surface area contributed by atoms with Crippen LogP contribution in [-0.2, 0) is 57.0 Å². The summed E-state index contributed by atoms with van der Waals surface area (Å²) in [6.45, 7) is -1.12. The van der Waals surface area contributed by atoms with Gasteiger partial charge < -0.3 is 120 Å². The lowest BCUT2D eigenvalue weighted by molar-refractivity contribution is -0.388. The Morgan fingerprint density at radius 2 is 1.42 bits per heavy atom. The van der Waals surface area contributed by atoms with Crippen molar-refractivity contribution in [2.45, 2.75) is 187 Å². The molecule has 4 aliphatic heterocycles. The summed E-state index contributed by atoms with van der Waals surface area (Å²) in [4.78, 5) is 51.1. The first-order valence-electron chi connectivity index (χ1n) is 24.3. The second-order valence-electron chi connectivity index (χ2n) is 18.7. The van der Waals surface area contributed by atoms with Crippen molar-refractivity contribution in [1.29, 1.82) is 0 Å². The summed E-state index contributed by atoms with van der Waals surface area (Å²) in [5.41, 5.74) is 0.266. The van der Waals surface area contributed by atoms with Gasteiger partial charge in [0.2, 0.25) is 5.91 Å². The zero-order valence-electron chi connectivity index (χ0n) is 41.0. The summed E-state index contributed by atoms with van der Waals surface area (Å²) in [6.07, 6.45) is -30.2. The van der Waals surface area contributed by atoms with Crippen LogP contribution in [0.3, 0.4) is 0 Å². The Labute approximate surface area is 424 Å². The number of hydrogen-bond donors (Lipinski definition) is 15. The number of nitrogens with one attached hydrogen (secondary N) is 2. The molecule has 0 spiro atoms. The van der Waals surface area contributed by atoms with E-state index in [2.05, 4.69) is 15.4 Å². The molecule has 5 rings (SSSR count). The van der Waals surface area contributed by atoms with E-state index in [1.54, 1.807) is 6.92 Å². The molecule has 28 heteroatoms. The number of benzene rings is 1. The number of carboxylic acid groups (broad SMARTS) is 1. The number of aryl methyl sites for hydroxylation is 1. The first-order chi connectivity index (χ1) is 35.1. The number of aromatic hydroxyl groups is 1. The SMILES string of the molecule is COC(=O)CCCCCCCCO[C@@H]1OC(CO)[C@@H](OC2OC[C@@H](O)C(O)C2O)C(OC2OC(CO)[C@H](O)C(O[C@]3(C(=O)O)CC(O)[C@@H](NC(C)=O)C(C(O)C(O)CO)O3)C2O)C1NC(=O)c1cc(C)ccc1O. The molecule has 0 saturated carbocycles. The summed E-state index contributed by atoms with van der Waals surface area (Å²) >= 11 is 0. The molecule has 4 heterocycles. The molecule has 74 heavy (non-hydrogen) atoms. The minimum atomic E-state index is -3.18. The van der Waals surface area contributed by atoms with Crippen LogP contribution in [0.1, 0.15) is 74.2 Å². The minimum absolute atomic E-state index is 0.0615. The molecule has 4 aliphatic rings. The van der Waals surface area contributed by atoms with Gasteiger partial charge in [0.25, 0.3) is 11.7 Å². The molecular formula is C46H72N2O26. The third kappa shape index (κ3) is 15.0. The predicted octanol–water partition coefficient (Wildman–Crippen LogP) is -5.38. The van der Waals surface area contributed by atoms with Crippen molar-refractivity contribution in [3.05, 3.63) is 29.3 Å². The molecule has 2 amide bonds. The molecule has 20 atom stereocenters. The number of aliphatic hydroxyl groups excluding tert-OH is 11. The van der Waals surface area contributed by atoms with Gasteiger partial charge in [0.15, 0.2) is 18.9 Å². The monoisotopic (exact) mass is 1070 g/mol. The molecule has 0 aliphatic carbocycles. The maximum absolute atomic E-state index is 14.2. The fourth-order valence-electron chi connectivity index (χ4n) is 9.10. The molecule has 4 fully saturated rings. The van der Waals surface area contributed by atoms with Crippen LogP contribution in [0.25, 0.3) is 0 Å². The van der Waals surface area contributed by atoms with E-state index in [1.165, 1.54) is 25.3 Å². The van der Waals surface area contributed by atoms with Crippen molar-refractivity contribution < 1.29 is 128 Å². The fraction of sp³-hybridized carbons (Fsp3) is 0.783. The van der Waals surface area contributed by atoms with E-state index in [-0.39, 0.29) is 24.6 Å². The van der Waals surface area contributed by atoms with Crippen LogP contribution in [0.4, 0.5) is 0 Å². The Kier molecular flexibility index (Phi) is 23.1. The second kappa shape index (κ2) is 28.0. The topological polar surface area (TPSA) is 438 Å². The average molecular weight is 1070 g/mol. The van der Waals surface area contributed by atoms with E-state index in [9.17, 15) is 85.6 Å². The number of aliphatic hydroxyl groups is 11. The van der Waals surface area contributed by atoms with E-state index >= 15 is 0 Å². The number of phenolic OH excluding ortho intramolecular Hbond substituents is 1. The van der Waals surface area contributed by atoms with Gasteiger partial charge in [-0.3, -0.25) is 14.4 Å². The fourth-order valence-corrected chi connectivity index (χ4v) is 9.10. The lowest BCUT2D eigenvalue weighted by Gasteiger charge is -2.51. The molecule has 1 aromatic rings. The molecule has 0 radical (unpaired) electrons. The number of phenols is 1. The number of amides is 2. The maximum atomic E-state index is 14.2. The number of esters is 1. The summed E-state index contributed by atoms with van der Waals surface area (Å²) in [5, 5.41) is 145. The number of aliphatic carboxylic acids is 1. The zero-order chi connectivity index (χ0) is 54.6. The first kappa shape index (κ1) is 61.0. The third-order valence-corrected chi connectivity index (χ3v) is 13.2. The third-order valence-electron chi connectivity index (χ3n) is 13.2. The highest BCUT2D eigenvalue weighted by Gasteiger charge is 2.61. The lowest BCUT2D eigenvalue weighted by atomic mass is 9.88. The molecule has 422 valence electrons. The van der Waals surface area contributed by atoms with Crippen molar-refractivity contribution in [3.8, 4) is 5.75 Å². The standard InChI is InChI=1S/C46H72N2O26/c1-20-11-12-23(53)22(14-20)41(63)48-31-39(37(71-43-35(61)32(58)26(56)19-68-43)28(18-51)70-42(31)67-13-9-7-5-4-6-8-10-29(57)66-3)72-44-36(62)40(34(60)27(17-50)69-44)74-46(45(64)65)15-24(54)30(47-21(2)52)38(73-46)33(59)25(55)16-49/h11-12,14,24-28,30-40,42-44,49-51,53-56,58-62H,4-10,13,15-19H2,1-3H3,(H,47,52)(H,48,63)(H,64,65)/t24?,25?,26-,27?,28?,30-,31?,32?,33?,34+,35?,36?,37-,38?,39?,40?,42-,43?,44?,46+/m1/s1. The van der Waals surface area contributed by atoms with Gasteiger partial charge >= 0.3 is 11.9 Å². The average Bonchev–Trinajstić information content (AvgIpc) is 3.37. The van der Waals surface area contributed by atoms with Crippen molar-refractivity contribution in [3.63, 3.8) is 0 Å². The van der Waals surface area contributed by atoms with Crippen LogP contribution in [-0.4, -0.2) is 252 Å². The van der Waals surface area contributed by atoms with Gasteiger partial charge in [-0.1, -0.05) is 37.3 Å². The van der Waals surface area contributed by atoms with Crippen LogP contribution in [0.2, 0.25) is 0 Å². The number of rotatable bonds is 25. The smallest absolute Gasteiger partial charge is 0.364 e. The van der Waals surface area contributed by atoms with Gasteiger partial charge in [-0.05, 0) is 31.9 Å². The Hall–Kier alpha value is -3.86. The first-order valence-corrected chi connectivity index (χ1v) is 24.3. The Morgan fingerprint density at radius 3 is 2.05 bits per heavy atom. The predicted molar refractivity (Wildman–Crippen MR) is 243 cm³/mol. The number of methoxy groups -OCH3 is 1. The van der Waals surface area contributed by atoms with E-state index in [4.69, 9.17) is 37.9 Å². The quantitative estimate of drug-likeness (QED) is 0.0321.